The van der Waals surface area contributed by atoms with Gasteiger partial charge in [0.25, 0.3) is 0 Å². The number of phenols is 2. The second kappa shape index (κ2) is 42.2. The molecule has 0 aliphatic heterocycles. The third-order valence-electron chi connectivity index (χ3n) is 24.4. The molecule has 139 heavy (non-hydrogen) atoms. The molecule has 3 heterocycles. The van der Waals surface area contributed by atoms with E-state index in [-0.39, 0.29) is 33.6 Å². The van der Waals surface area contributed by atoms with Crippen LogP contribution in [-0.2, 0) is 20.8 Å². The van der Waals surface area contributed by atoms with E-state index in [1.807, 2.05) is 48.5 Å². The minimum absolute atomic E-state index is 0. The van der Waals surface area contributed by atoms with Crippen molar-refractivity contribution in [2.45, 2.75) is 13.8 Å². The number of esters is 2. The molecule has 0 atom stereocenters. The topological polar surface area (TPSA) is 162 Å². The zero-order valence-corrected chi connectivity index (χ0v) is 82.2. The van der Waals surface area contributed by atoms with Gasteiger partial charge in [-0.05, 0) is 181 Å². The van der Waals surface area contributed by atoms with Crippen LogP contribution in [0.5, 0.6) is 46.0 Å². The number of carbonyl (C=O) groups is 3. The second-order valence-electron chi connectivity index (χ2n) is 32.4. The van der Waals surface area contributed by atoms with E-state index < -0.39 is 17.2 Å². The number of nitrogens with zero attached hydrogens (tertiary/aromatic N) is 3. The lowest BCUT2D eigenvalue weighted by molar-refractivity contribution is -0.129. The molecule has 0 radical (unpaired) electrons. The van der Waals surface area contributed by atoms with Crippen molar-refractivity contribution >= 4 is 247 Å². The van der Waals surface area contributed by atoms with Crippen molar-refractivity contribution in [3.05, 3.63) is 418 Å². The average molecular weight is 2100 g/mol. The van der Waals surface area contributed by atoms with E-state index in [2.05, 4.69) is 376 Å². The van der Waals surface area contributed by atoms with Crippen molar-refractivity contribution in [2.75, 3.05) is 28.4 Å². The van der Waals surface area contributed by atoms with Gasteiger partial charge in [0.15, 0.2) is 0 Å². The fourth-order valence-electron chi connectivity index (χ4n) is 18.7. The highest BCUT2D eigenvalue weighted by molar-refractivity contribution is 9.69. The molecule has 0 unspecified atom stereocenters. The minimum Gasteiger partial charge on any atom is -0.508 e. The highest BCUT2D eigenvalue weighted by atomic mass is 79.9. The zero-order valence-electron chi connectivity index (χ0n) is 75.1. The number of benzene rings is 20. The number of phenolic OH excluding ortho intramolecular Hbond substituents is 2. The van der Waals surface area contributed by atoms with Gasteiger partial charge in [-0.15, -0.1) is 47.3 Å². The largest absolute Gasteiger partial charge is 0.508 e. The van der Waals surface area contributed by atoms with Crippen molar-refractivity contribution in [1.82, 2.24) is 13.7 Å². The van der Waals surface area contributed by atoms with Gasteiger partial charge in [0, 0.05) is 110 Å². The van der Waals surface area contributed by atoms with Gasteiger partial charge in [-0.3, -0.25) is 4.79 Å². The molecule has 20 aromatic carbocycles. The molecule has 0 amide bonds. The SMILES string of the molecule is BrB(Br)Br.C.C=CC(=O)Cl.C=CC(=O)Oc1cc(OC(=O)C=C)cc(-n2c3ccc4ccccc4c3c3c4ccccc4ccc32)c1.COc1cc(Br)cc(OC)c1.COc1cc(OC)cc(-n2c3ccc4ccccc4c3c3c4ccccc4ccc32)c1.Oc1cc(O)cc(-n2c3ccc4ccccc4c3c3c4ccccc4ccc32)c1.c1ccc2c3c(ccc2c1)Cc1ccc2ccccc2c1-3. The highest BCUT2D eigenvalue weighted by Gasteiger charge is 2.26. The first-order valence-electron chi connectivity index (χ1n) is 44.0. The van der Waals surface area contributed by atoms with Crippen LogP contribution < -0.4 is 28.4 Å². The van der Waals surface area contributed by atoms with Gasteiger partial charge in [-0.1, -0.05) is 298 Å². The lowest BCUT2D eigenvalue weighted by Crippen LogP contribution is -2.07. The van der Waals surface area contributed by atoms with Gasteiger partial charge in [0.05, 0.1) is 78.6 Å². The van der Waals surface area contributed by atoms with Crippen LogP contribution in [0.25, 0.3) is 180 Å². The first kappa shape index (κ1) is 95.5. The summed E-state index contributed by atoms with van der Waals surface area (Å²) >= 11 is 17.4. The molecular weight excluding hydrogens is 2010 g/mol. The van der Waals surface area contributed by atoms with Gasteiger partial charge in [0.2, 0.25) is 5.24 Å². The van der Waals surface area contributed by atoms with Crippen LogP contribution in [0.3, 0.4) is 0 Å². The Hall–Kier alpha value is -15.2. The molecule has 0 spiro atoms. The van der Waals surface area contributed by atoms with Crippen LogP contribution in [0, 0.1) is 0 Å². The molecule has 0 saturated carbocycles. The van der Waals surface area contributed by atoms with Crippen molar-refractivity contribution in [3.63, 3.8) is 0 Å². The lowest BCUT2D eigenvalue weighted by Gasteiger charge is -2.13. The predicted octanol–water partition coefficient (Wildman–Crippen LogP) is 32.6. The summed E-state index contributed by atoms with van der Waals surface area (Å²) in [4.78, 5) is 33.5. The summed E-state index contributed by atoms with van der Waals surface area (Å²) in [6.07, 6.45) is 4.27. The minimum atomic E-state index is -0.614. The second-order valence-corrected chi connectivity index (χ2v) is 40.1. The van der Waals surface area contributed by atoms with Crippen molar-refractivity contribution in [2.24, 2.45) is 0 Å². The Balaban J connectivity index is 0.000000121. The number of fused-ring (bicyclic) bond motifs is 28. The van der Waals surface area contributed by atoms with Crippen LogP contribution in [0.15, 0.2) is 406 Å². The summed E-state index contributed by atoms with van der Waals surface area (Å²) < 4.78 is 39.8. The number of allylic oxidation sites excluding steroid dienone is 1. The summed E-state index contributed by atoms with van der Waals surface area (Å²) in [6, 6.07) is 124. The fraction of sp³-hybridized carbons (Fsp3) is 0.0504. The Labute approximate surface area is 840 Å². The summed E-state index contributed by atoms with van der Waals surface area (Å²) in [7, 11) is 6.62. The molecule has 0 bridgehead atoms. The number of aromatic nitrogens is 3. The third-order valence-corrected chi connectivity index (χ3v) is 25.0. The normalized spacial score (nSPS) is 11.1. The quantitative estimate of drug-likeness (QED) is 0.0394. The smallest absolute Gasteiger partial charge is 0.369 e. The molecular formula is C119H89BBr4ClN3O11. The van der Waals surface area contributed by atoms with Gasteiger partial charge >= 0.3 is 15.1 Å². The van der Waals surface area contributed by atoms with Gasteiger partial charge in [0.1, 0.15) is 46.0 Å². The Morgan fingerprint density at radius 2 is 0.525 bits per heavy atom. The number of hydrogen-bond acceptors (Lipinski definition) is 11. The van der Waals surface area contributed by atoms with E-state index in [9.17, 15) is 24.6 Å². The zero-order chi connectivity index (χ0) is 95.9. The number of ether oxygens (including phenoxy) is 6. The number of methoxy groups -OCH3 is 4. The molecule has 1 aliphatic carbocycles. The first-order chi connectivity index (χ1) is 67.2. The van der Waals surface area contributed by atoms with Crippen LogP contribution in [0.4, 0.5) is 0 Å². The summed E-state index contributed by atoms with van der Waals surface area (Å²) in [5.41, 5.74) is 14.6. The molecule has 684 valence electrons. The number of carbonyl (C=O) groups excluding carboxylic acids is 3. The molecule has 3 aromatic heterocycles. The Morgan fingerprint density at radius 1 is 0.309 bits per heavy atom. The van der Waals surface area contributed by atoms with Crippen molar-refractivity contribution in [3.8, 4) is 74.2 Å². The summed E-state index contributed by atoms with van der Waals surface area (Å²) in [6.45, 7) is 10.0. The van der Waals surface area contributed by atoms with E-state index in [1.54, 1.807) is 52.7 Å². The maximum absolute atomic E-state index is 12.0. The molecule has 14 nitrogen and oxygen atoms in total. The van der Waals surface area contributed by atoms with E-state index in [1.165, 1.54) is 132 Å². The van der Waals surface area contributed by atoms with Crippen LogP contribution in [-0.4, -0.2) is 72.7 Å². The standard InChI is InChI=1S/C32H21NO4.C28H21NO2.C26H17NO2.C21H14.C8H9BrO2.C3H3ClO.CH4.BBr3/c1-3-29(34)36-23-17-22(18-24(19-23)37-30(35)4-2)33-27-15-13-20-9-5-7-11-25(20)31(27)32-26-12-8-6-10-21(26)14-16-28(32)33;1-30-21-15-20(16-22(17-21)31-2)29-25-13-11-18-7-3-5-9-23(18)27(25)28-24-10-6-4-8-19(24)12-14-26(28)29;28-19-13-18(14-20(29)15-19)27-23-11-9-16-5-1-3-7-21(16)25(23)26-22-8-4-2-6-17(22)10-12-24(26)27;1-3-7-18-14(5-1)9-11-16-13-17-12-10-15-6-2-4-8-19(15)21(17)20(16)18;1-10-7-3-6(9)4-8(5-7)11-2;1-2-3(4)5;;2-1(3)4/h3-19H,1-2H2;3-17H,1-2H3;1-15,28-29H;1-12H,13H2;3-5H,1-2H3;2H,1H2;1H4;. The van der Waals surface area contributed by atoms with Gasteiger partial charge in [-0.25, -0.2) is 9.59 Å². The molecule has 0 fully saturated rings. The Morgan fingerprint density at radius 3 is 0.777 bits per heavy atom. The highest BCUT2D eigenvalue weighted by Crippen LogP contribution is 2.49. The number of halogens is 5. The number of rotatable bonds is 12. The van der Waals surface area contributed by atoms with Gasteiger partial charge < -0.3 is 52.3 Å². The van der Waals surface area contributed by atoms with E-state index in [0.29, 0.717) is 5.69 Å². The predicted molar refractivity (Wildman–Crippen MR) is 593 cm³/mol. The monoisotopic (exact) mass is 2100 g/mol. The average Bonchev–Trinajstić information content (AvgIpc) is 1.57. The lowest BCUT2D eigenvalue weighted by atomic mass is 9.94. The fourth-order valence-corrected chi connectivity index (χ4v) is 19.2. The Kier molecular flexibility index (Phi) is 29.0. The van der Waals surface area contributed by atoms with Crippen molar-refractivity contribution < 1.29 is 53.0 Å². The van der Waals surface area contributed by atoms with E-state index in [0.717, 1.165) is 118 Å². The Bertz CT molecular complexity index is 8320. The molecule has 20 heteroatoms. The van der Waals surface area contributed by atoms with Crippen molar-refractivity contribution in [1.29, 1.82) is 0 Å². The maximum Gasteiger partial charge on any atom is 0.369 e. The summed E-state index contributed by atoms with van der Waals surface area (Å²) in [5, 5.41) is 46.5. The van der Waals surface area contributed by atoms with E-state index in [4.69, 9.17) is 40.0 Å². The molecule has 23 aromatic rings. The maximum atomic E-state index is 12.0. The van der Waals surface area contributed by atoms with Crippen LogP contribution >= 0.6 is 74.8 Å². The molecule has 24 rings (SSSR count). The third kappa shape index (κ3) is 19.5. The van der Waals surface area contributed by atoms with E-state index >= 15 is 0 Å². The summed E-state index contributed by atoms with van der Waals surface area (Å²) in [5.74, 6) is 2.42. The first-order valence-corrected chi connectivity index (χ1v) is 47.9. The molecule has 2 N–H and O–H groups in total. The molecule has 1 aliphatic rings. The number of aromatic hydroxyl groups is 2. The van der Waals surface area contributed by atoms with Crippen LogP contribution in [0.2, 0.25) is 0 Å². The van der Waals surface area contributed by atoms with Crippen LogP contribution in [0.1, 0.15) is 18.6 Å². The van der Waals surface area contributed by atoms with Gasteiger partial charge in [-0.2, -0.15) is 0 Å². The molecule has 0 saturated heterocycles. The number of hydrogen-bond donors (Lipinski definition) is 2.